The number of hydrogen-bond donors (Lipinski definition) is 3. The Morgan fingerprint density at radius 1 is 0.930 bits per heavy atom. The van der Waals surface area contributed by atoms with Gasteiger partial charge in [-0.25, -0.2) is 13.1 Å². The van der Waals surface area contributed by atoms with Crippen LogP contribution in [0.1, 0.15) is 119 Å². The fourth-order valence-corrected chi connectivity index (χ4v) is 12.6. The van der Waals surface area contributed by atoms with Gasteiger partial charge in [-0.05, 0) is 110 Å². The number of aliphatic carboxylic acids is 1. The summed E-state index contributed by atoms with van der Waals surface area (Å²) >= 11 is 0. The van der Waals surface area contributed by atoms with Gasteiger partial charge in [0.05, 0.1) is 12.7 Å². The second-order valence-corrected chi connectivity index (χ2v) is 18.7. The Hall–Kier alpha value is -1.74. The highest BCUT2D eigenvalue weighted by Crippen LogP contribution is 2.74. The number of ketones is 1. The lowest BCUT2D eigenvalue weighted by Gasteiger charge is -2.70. The van der Waals surface area contributed by atoms with Gasteiger partial charge in [0.15, 0.2) is 5.78 Å². The molecule has 0 aromatic rings. The topological polar surface area (TPSA) is 130 Å². The maximum absolute atomic E-state index is 14.6. The molecule has 4 saturated carbocycles. The minimum atomic E-state index is -3.37. The monoisotopic (exact) mass is 618 g/mol. The normalized spacial score (nSPS) is 45.5. The minimum Gasteiger partial charge on any atom is -0.481 e. The Morgan fingerprint density at radius 2 is 1.58 bits per heavy atom. The Morgan fingerprint density at radius 3 is 2.21 bits per heavy atom. The van der Waals surface area contributed by atoms with E-state index in [-0.39, 0.29) is 75.4 Å². The fraction of sp³-hybridized carbons (Fsp3) is 0.853. The molecule has 0 heterocycles. The summed E-state index contributed by atoms with van der Waals surface area (Å²) < 4.78 is 27.6. The van der Waals surface area contributed by atoms with Crippen LogP contribution >= 0.6 is 0 Å². The summed E-state index contributed by atoms with van der Waals surface area (Å²) in [4.78, 5) is 38.2. The van der Waals surface area contributed by atoms with Crippen LogP contribution in [-0.2, 0) is 24.4 Å². The lowest BCUT2D eigenvalue weighted by molar-refractivity contribution is -0.188. The van der Waals surface area contributed by atoms with E-state index in [2.05, 4.69) is 51.6 Å². The van der Waals surface area contributed by atoms with E-state index in [1.54, 1.807) is 0 Å². The minimum absolute atomic E-state index is 0.0200. The van der Waals surface area contributed by atoms with Crippen molar-refractivity contribution in [2.75, 3.05) is 6.26 Å². The van der Waals surface area contributed by atoms with Gasteiger partial charge in [0, 0.05) is 23.9 Å². The van der Waals surface area contributed by atoms with Crippen molar-refractivity contribution in [3.63, 3.8) is 0 Å². The predicted molar refractivity (Wildman–Crippen MR) is 167 cm³/mol. The summed E-state index contributed by atoms with van der Waals surface area (Å²) in [5.74, 6) is -0.682. The number of hydrogen-bond acceptors (Lipinski definition) is 5. The molecular weight excluding hydrogens is 564 g/mol. The molecular formula is C34H54N2O6S. The van der Waals surface area contributed by atoms with Crippen molar-refractivity contribution in [2.24, 2.45) is 44.8 Å². The molecule has 0 aromatic carbocycles. The smallest absolute Gasteiger partial charge is 0.303 e. The van der Waals surface area contributed by atoms with Crippen LogP contribution in [0.25, 0.3) is 0 Å². The summed E-state index contributed by atoms with van der Waals surface area (Å²) in [6.07, 6.45) is 11.1. The average molecular weight is 619 g/mol. The number of carbonyl (C=O) groups is 3. The lowest BCUT2D eigenvalue weighted by Crippen LogP contribution is -2.68. The first-order valence-electron chi connectivity index (χ1n) is 16.4. The van der Waals surface area contributed by atoms with Crippen LogP contribution in [0.4, 0.5) is 0 Å². The SMILES string of the molecule is CC1(C)[C@@H](NC(=O)CCC(=O)O)CC[C@]2(C)[C@H]3C(=O)C=C4[C@@H]5C[C@@](C)(NS(C)(=O)=O)CC[C@]5(C)CC[C@@]4(C)[C@]3(C)CC[C@@H]12. The fourth-order valence-electron chi connectivity index (χ4n) is 11.5. The molecule has 0 radical (unpaired) electrons. The number of carboxylic acids is 1. The molecule has 0 saturated heterocycles. The molecule has 9 atom stereocenters. The number of fused-ring (bicyclic) bond motifs is 7. The molecule has 8 nitrogen and oxygen atoms in total. The van der Waals surface area contributed by atoms with Gasteiger partial charge < -0.3 is 10.4 Å². The summed E-state index contributed by atoms with van der Waals surface area (Å²) in [6.45, 7) is 15.9. The number of carboxylic acid groups (broad SMARTS) is 1. The standard InChI is InChI=1S/C34H54N2O6S/c1-29(2)24-11-14-34(7)28(32(24,5)13-12-25(29)35-26(38)9-10-27(39)40)23(37)19-21-22-20-31(4,36-43(8,41)42)17-15-30(22,3)16-18-33(21,34)6/h19,22,24-25,28,36H,9-18,20H2,1-8H3,(H,35,38)(H,39,40)/t22-,24-,25-,28+,30+,31-,32-,33+,34+/m0/s1. The summed E-state index contributed by atoms with van der Waals surface area (Å²) in [5, 5.41) is 12.2. The molecule has 0 bridgehead atoms. The number of carbonyl (C=O) groups excluding carboxylic acids is 2. The van der Waals surface area contributed by atoms with Gasteiger partial charge >= 0.3 is 5.97 Å². The van der Waals surface area contributed by atoms with Crippen molar-refractivity contribution in [1.29, 1.82) is 0 Å². The van der Waals surface area contributed by atoms with Gasteiger partial charge in [-0.2, -0.15) is 0 Å². The third-order valence-electron chi connectivity index (χ3n) is 13.9. The third-order valence-corrected chi connectivity index (χ3v) is 14.8. The van der Waals surface area contributed by atoms with E-state index in [1.807, 2.05) is 13.0 Å². The van der Waals surface area contributed by atoms with E-state index < -0.39 is 21.5 Å². The first-order valence-corrected chi connectivity index (χ1v) is 18.3. The first kappa shape index (κ1) is 32.6. The second kappa shape index (κ2) is 10.1. The Balaban J connectivity index is 1.48. The van der Waals surface area contributed by atoms with Gasteiger partial charge in [0.1, 0.15) is 0 Å². The highest BCUT2D eigenvalue weighted by atomic mass is 32.2. The number of sulfonamides is 1. The molecule has 0 aliphatic heterocycles. The molecule has 5 aliphatic carbocycles. The molecule has 5 aliphatic rings. The molecule has 0 spiro atoms. The van der Waals surface area contributed by atoms with E-state index in [4.69, 9.17) is 5.11 Å². The average Bonchev–Trinajstić information content (AvgIpc) is 2.85. The van der Waals surface area contributed by atoms with E-state index in [0.29, 0.717) is 6.42 Å². The van der Waals surface area contributed by atoms with Gasteiger partial charge in [-0.1, -0.05) is 47.1 Å². The molecule has 4 fully saturated rings. The highest BCUT2D eigenvalue weighted by Gasteiger charge is 2.70. The zero-order valence-electron chi connectivity index (χ0n) is 27.6. The number of allylic oxidation sites excluding steroid dienone is 2. The number of amides is 1. The third kappa shape index (κ3) is 5.12. The number of nitrogens with one attached hydrogen (secondary N) is 2. The molecule has 43 heavy (non-hydrogen) atoms. The molecule has 242 valence electrons. The predicted octanol–water partition coefficient (Wildman–Crippen LogP) is 5.62. The van der Waals surface area contributed by atoms with E-state index >= 15 is 0 Å². The molecule has 9 heteroatoms. The second-order valence-electron chi connectivity index (χ2n) is 17.0. The van der Waals surface area contributed by atoms with Crippen molar-refractivity contribution in [1.82, 2.24) is 10.0 Å². The van der Waals surface area contributed by atoms with Crippen molar-refractivity contribution >= 4 is 27.7 Å². The molecule has 0 unspecified atom stereocenters. The van der Waals surface area contributed by atoms with E-state index in [9.17, 15) is 22.8 Å². The maximum atomic E-state index is 14.6. The molecule has 1 amide bonds. The number of rotatable bonds is 6. The quantitative estimate of drug-likeness (QED) is 0.354. The Bertz CT molecular complexity index is 1360. The van der Waals surface area contributed by atoms with E-state index in [1.165, 1.54) is 11.8 Å². The van der Waals surface area contributed by atoms with Crippen molar-refractivity contribution in [2.45, 2.75) is 131 Å². The zero-order valence-corrected chi connectivity index (χ0v) is 28.4. The largest absolute Gasteiger partial charge is 0.481 e. The molecule has 0 aromatic heterocycles. The van der Waals surface area contributed by atoms with E-state index in [0.717, 1.165) is 51.4 Å². The lowest BCUT2D eigenvalue weighted by atomic mass is 9.33. The first-order chi connectivity index (χ1) is 19.6. The zero-order chi connectivity index (χ0) is 32.0. The van der Waals surface area contributed by atoms with Gasteiger partial charge in [0.2, 0.25) is 15.9 Å². The molecule has 5 rings (SSSR count). The van der Waals surface area contributed by atoms with Crippen LogP contribution in [0.2, 0.25) is 0 Å². The van der Waals surface area contributed by atoms with Crippen LogP contribution in [-0.4, -0.2) is 49.0 Å². The van der Waals surface area contributed by atoms with Gasteiger partial charge in [0.25, 0.3) is 0 Å². The summed E-state index contributed by atoms with van der Waals surface area (Å²) in [6, 6.07) is -0.0609. The van der Waals surface area contributed by atoms with Crippen molar-refractivity contribution < 1.29 is 27.9 Å². The van der Waals surface area contributed by atoms with Crippen LogP contribution in [0, 0.1) is 44.8 Å². The van der Waals surface area contributed by atoms with Crippen LogP contribution in [0.5, 0.6) is 0 Å². The van der Waals surface area contributed by atoms with Crippen LogP contribution < -0.4 is 10.0 Å². The summed E-state index contributed by atoms with van der Waals surface area (Å²) in [5.41, 5.74) is -0.0587. The maximum Gasteiger partial charge on any atom is 0.303 e. The van der Waals surface area contributed by atoms with Crippen molar-refractivity contribution in [3.8, 4) is 0 Å². The highest BCUT2D eigenvalue weighted by molar-refractivity contribution is 7.88. The van der Waals surface area contributed by atoms with Crippen LogP contribution in [0.15, 0.2) is 11.6 Å². The van der Waals surface area contributed by atoms with Crippen LogP contribution in [0.3, 0.4) is 0 Å². The van der Waals surface area contributed by atoms with Crippen molar-refractivity contribution in [3.05, 3.63) is 11.6 Å². The Labute approximate surface area is 258 Å². The van der Waals surface area contributed by atoms with Gasteiger partial charge in [-0.3, -0.25) is 14.4 Å². The molecule has 3 N–H and O–H groups in total. The summed E-state index contributed by atoms with van der Waals surface area (Å²) in [7, 11) is -3.37. The van der Waals surface area contributed by atoms with Gasteiger partial charge in [-0.15, -0.1) is 0 Å². The Kier molecular flexibility index (Phi) is 7.69.